The molecule has 0 aliphatic rings. The van der Waals surface area contributed by atoms with Crippen molar-refractivity contribution < 1.29 is 31.9 Å². The van der Waals surface area contributed by atoms with Gasteiger partial charge in [-0.3, -0.25) is 4.79 Å². The summed E-state index contributed by atoms with van der Waals surface area (Å²) in [6, 6.07) is 5.25. The van der Waals surface area contributed by atoms with Gasteiger partial charge in [0.1, 0.15) is 11.5 Å². The lowest BCUT2D eigenvalue weighted by molar-refractivity contribution is -0.274. The number of hydrogen-bond donors (Lipinski definition) is 2. The Morgan fingerprint density at radius 3 is 2.55 bits per heavy atom. The maximum absolute atomic E-state index is 13.2. The Kier molecular flexibility index (Phi) is 4.32. The van der Waals surface area contributed by atoms with E-state index in [2.05, 4.69) is 5.32 Å². The molecule has 2 rings (SSSR count). The number of aliphatic hydroxyl groups is 1. The molecule has 0 fully saturated rings. The van der Waals surface area contributed by atoms with E-state index >= 15 is 0 Å². The third kappa shape index (κ3) is 3.16. The molecule has 5 nitrogen and oxygen atoms in total. The zero-order chi connectivity index (χ0) is 16.4. The van der Waals surface area contributed by atoms with Crippen molar-refractivity contribution in [3.8, 4) is 0 Å². The van der Waals surface area contributed by atoms with Gasteiger partial charge in [0.2, 0.25) is 5.60 Å². The number of hydrogen-bond acceptors (Lipinski definition) is 4. The molecule has 1 atom stereocenters. The van der Waals surface area contributed by atoms with Crippen LogP contribution in [0.4, 0.5) is 13.2 Å². The highest BCUT2D eigenvalue weighted by Crippen LogP contribution is 2.41. The van der Waals surface area contributed by atoms with E-state index in [9.17, 15) is 23.1 Å². The first-order chi connectivity index (χ1) is 10.2. The van der Waals surface area contributed by atoms with Gasteiger partial charge in [-0.1, -0.05) is 0 Å². The molecule has 120 valence electrons. The fourth-order valence-electron chi connectivity index (χ4n) is 1.91. The number of carbonyl (C=O) groups is 1. The fraction of sp³-hybridized carbons (Fsp3) is 0.357. The van der Waals surface area contributed by atoms with Gasteiger partial charge in [-0.05, 0) is 31.2 Å². The maximum Gasteiger partial charge on any atom is 0.424 e. The SMILES string of the molecule is Cc1ccc(C(O)(CCNC(=O)c2ccco2)C(F)(F)F)o1. The van der Waals surface area contributed by atoms with E-state index in [1.807, 2.05) is 0 Å². The summed E-state index contributed by atoms with van der Waals surface area (Å²) in [5, 5.41) is 12.2. The quantitative estimate of drug-likeness (QED) is 0.889. The van der Waals surface area contributed by atoms with E-state index in [4.69, 9.17) is 8.83 Å². The van der Waals surface area contributed by atoms with E-state index in [0.29, 0.717) is 0 Å². The summed E-state index contributed by atoms with van der Waals surface area (Å²) in [6.07, 6.45) is -4.45. The van der Waals surface area contributed by atoms with Crippen molar-refractivity contribution in [1.29, 1.82) is 0 Å². The molecule has 0 aliphatic carbocycles. The molecule has 0 radical (unpaired) electrons. The molecule has 8 heteroatoms. The molecule has 0 saturated carbocycles. The Morgan fingerprint density at radius 1 is 1.32 bits per heavy atom. The zero-order valence-electron chi connectivity index (χ0n) is 11.6. The van der Waals surface area contributed by atoms with Crippen molar-refractivity contribution in [2.45, 2.75) is 25.1 Å². The normalized spacial score (nSPS) is 14.6. The van der Waals surface area contributed by atoms with Gasteiger partial charge in [-0.2, -0.15) is 13.2 Å². The molecular weight excluding hydrogens is 303 g/mol. The molecule has 2 heterocycles. The Balaban J connectivity index is 2.07. The van der Waals surface area contributed by atoms with Crippen LogP contribution in [0.25, 0.3) is 0 Å². The summed E-state index contributed by atoms with van der Waals surface area (Å²) in [5.74, 6) is -1.04. The highest BCUT2D eigenvalue weighted by atomic mass is 19.4. The standard InChI is InChI=1S/C14H14F3NO4/c1-9-4-5-11(22-9)13(20,14(15,16)17)6-7-18-12(19)10-3-2-8-21-10/h2-5,8,20H,6-7H2,1H3,(H,18,19). The second-order valence-corrected chi connectivity index (χ2v) is 4.75. The van der Waals surface area contributed by atoms with Crippen molar-refractivity contribution in [1.82, 2.24) is 5.32 Å². The van der Waals surface area contributed by atoms with Gasteiger partial charge in [0.25, 0.3) is 5.91 Å². The van der Waals surface area contributed by atoms with Crippen molar-refractivity contribution >= 4 is 5.91 Å². The van der Waals surface area contributed by atoms with Gasteiger partial charge in [0.05, 0.1) is 6.26 Å². The van der Waals surface area contributed by atoms with Crippen molar-refractivity contribution in [2.75, 3.05) is 6.54 Å². The van der Waals surface area contributed by atoms with Gasteiger partial charge >= 0.3 is 6.18 Å². The lowest BCUT2D eigenvalue weighted by Gasteiger charge is -2.28. The average Bonchev–Trinajstić information content (AvgIpc) is 3.07. The molecule has 1 unspecified atom stereocenters. The minimum atomic E-state index is -4.94. The highest BCUT2D eigenvalue weighted by molar-refractivity contribution is 5.91. The van der Waals surface area contributed by atoms with Gasteiger partial charge in [-0.15, -0.1) is 0 Å². The second kappa shape index (κ2) is 5.88. The van der Waals surface area contributed by atoms with Crippen LogP contribution in [0.1, 0.15) is 28.5 Å². The summed E-state index contributed by atoms with van der Waals surface area (Å²) < 4.78 is 49.2. The molecule has 22 heavy (non-hydrogen) atoms. The predicted octanol–water partition coefficient (Wildman–Crippen LogP) is 2.75. The van der Waals surface area contributed by atoms with Crippen LogP contribution in [0, 0.1) is 6.92 Å². The van der Waals surface area contributed by atoms with Crippen LogP contribution in [0.5, 0.6) is 0 Å². The Morgan fingerprint density at radius 2 is 2.05 bits per heavy atom. The summed E-state index contributed by atoms with van der Waals surface area (Å²) in [5.41, 5.74) is -3.17. The van der Waals surface area contributed by atoms with Crippen LogP contribution in [0.3, 0.4) is 0 Å². The topological polar surface area (TPSA) is 75.6 Å². The molecule has 2 aromatic rings. The molecule has 0 saturated heterocycles. The first kappa shape index (κ1) is 16.2. The highest BCUT2D eigenvalue weighted by Gasteiger charge is 2.56. The predicted molar refractivity (Wildman–Crippen MR) is 69.1 cm³/mol. The largest absolute Gasteiger partial charge is 0.463 e. The van der Waals surface area contributed by atoms with E-state index in [1.165, 1.54) is 31.4 Å². The zero-order valence-corrected chi connectivity index (χ0v) is 11.6. The monoisotopic (exact) mass is 317 g/mol. The Bertz CT molecular complexity index is 633. The molecular formula is C14H14F3NO4. The molecule has 0 aromatic carbocycles. The van der Waals surface area contributed by atoms with E-state index < -0.39 is 36.4 Å². The van der Waals surface area contributed by atoms with E-state index in [1.54, 1.807) is 0 Å². The smallest absolute Gasteiger partial charge is 0.424 e. The summed E-state index contributed by atoms with van der Waals surface area (Å²) in [6.45, 7) is 1.06. The summed E-state index contributed by atoms with van der Waals surface area (Å²) >= 11 is 0. The van der Waals surface area contributed by atoms with Crippen LogP contribution in [-0.2, 0) is 5.60 Å². The van der Waals surface area contributed by atoms with Crippen LogP contribution in [0.15, 0.2) is 39.4 Å². The van der Waals surface area contributed by atoms with Crippen molar-refractivity contribution in [3.63, 3.8) is 0 Å². The minimum absolute atomic E-state index is 0.0237. The number of nitrogens with one attached hydrogen (secondary N) is 1. The van der Waals surface area contributed by atoms with E-state index in [0.717, 1.165) is 6.07 Å². The third-order valence-corrected chi connectivity index (χ3v) is 3.13. The number of aryl methyl sites for hydroxylation is 1. The van der Waals surface area contributed by atoms with Gasteiger partial charge < -0.3 is 19.3 Å². The molecule has 0 bridgehead atoms. The Hall–Kier alpha value is -2.22. The van der Waals surface area contributed by atoms with Gasteiger partial charge in [0.15, 0.2) is 5.76 Å². The number of furan rings is 2. The molecule has 2 aromatic heterocycles. The summed E-state index contributed by atoms with van der Waals surface area (Å²) in [7, 11) is 0. The number of rotatable bonds is 5. The van der Waals surface area contributed by atoms with Crippen LogP contribution in [-0.4, -0.2) is 23.7 Å². The van der Waals surface area contributed by atoms with Gasteiger partial charge in [0, 0.05) is 13.0 Å². The molecule has 2 N–H and O–H groups in total. The van der Waals surface area contributed by atoms with Crippen LogP contribution < -0.4 is 5.32 Å². The fourth-order valence-corrected chi connectivity index (χ4v) is 1.91. The van der Waals surface area contributed by atoms with Crippen LogP contribution in [0.2, 0.25) is 0 Å². The lowest BCUT2D eigenvalue weighted by atomic mass is 9.95. The first-order valence-electron chi connectivity index (χ1n) is 6.42. The van der Waals surface area contributed by atoms with Crippen LogP contribution >= 0.6 is 0 Å². The average molecular weight is 317 g/mol. The Labute approximate surface area is 123 Å². The minimum Gasteiger partial charge on any atom is -0.463 e. The lowest BCUT2D eigenvalue weighted by Crippen LogP contribution is -2.44. The molecule has 1 amide bonds. The van der Waals surface area contributed by atoms with Crippen molar-refractivity contribution in [3.05, 3.63) is 47.8 Å². The molecule has 0 aliphatic heterocycles. The van der Waals surface area contributed by atoms with Gasteiger partial charge in [-0.25, -0.2) is 0 Å². The number of amides is 1. The summed E-state index contributed by atoms with van der Waals surface area (Å²) in [4.78, 5) is 11.6. The van der Waals surface area contributed by atoms with Crippen molar-refractivity contribution in [2.24, 2.45) is 0 Å². The molecule has 0 spiro atoms. The number of carbonyl (C=O) groups excluding carboxylic acids is 1. The first-order valence-corrected chi connectivity index (χ1v) is 6.42. The maximum atomic E-state index is 13.2. The second-order valence-electron chi connectivity index (χ2n) is 4.75. The third-order valence-electron chi connectivity index (χ3n) is 3.13. The van der Waals surface area contributed by atoms with E-state index in [-0.39, 0.29) is 11.5 Å². The number of halogens is 3. The number of alkyl halides is 3.